The smallest absolute Gasteiger partial charge is 0.397 e. The Hall–Kier alpha value is -4.80. The Labute approximate surface area is 274 Å². The summed E-state index contributed by atoms with van der Waals surface area (Å²) in [6.45, 7) is 5.57. The molecule has 0 saturated carbocycles. The number of hydrogen-bond acceptors (Lipinski definition) is 16. The van der Waals surface area contributed by atoms with Crippen molar-refractivity contribution in [1.29, 1.82) is 0 Å². The maximum Gasteiger partial charge on any atom is 0.397 e. The predicted octanol–water partition coefficient (Wildman–Crippen LogP) is -0.0867. The molecule has 0 saturated heterocycles. The van der Waals surface area contributed by atoms with Gasteiger partial charge in [-0.3, -0.25) is 29.2 Å². The maximum absolute atomic E-state index is 13.4. The van der Waals surface area contributed by atoms with Crippen LogP contribution in [0.2, 0.25) is 0 Å². The lowest BCUT2D eigenvalue weighted by molar-refractivity contribution is 0.0694. The van der Waals surface area contributed by atoms with Crippen molar-refractivity contribution in [1.82, 2.24) is 0 Å². The summed E-state index contributed by atoms with van der Waals surface area (Å²) >= 11 is -2.63. The van der Waals surface area contributed by atoms with Crippen molar-refractivity contribution >= 4 is 53.6 Å². The molecule has 3 aromatic carbocycles. The van der Waals surface area contributed by atoms with Gasteiger partial charge in [-0.15, -0.1) is 0 Å². The highest BCUT2D eigenvalue weighted by molar-refractivity contribution is 7.91. The van der Waals surface area contributed by atoms with Crippen LogP contribution < -0.4 is 41.9 Å². The van der Waals surface area contributed by atoms with Gasteiger partial charge in [0.25, 0.3) is 0 Å². The second kappa shape index (κ2) is 15.0. The fraction of sp³-hybridized carbons (Fsp3) is 0.222. The number of carboxylic acids is 1. The average Bonchev–Trinajstić information content (AvgIpc) is 2.98. The van der Waals surface area contributed by atoms with E-state index in [1.165, 1.54) is 39.3 Å². The summed E-state index contributed by atoms with van der Waals surface area (Å²) in [5.41, 5.74) is 2.66. The zero-order valence-corrected chi connectivity index (χ0v) is 27.9. The molecule has 1 unspecified atom stereocenters. The largest absolute Gasteiger partial charge is 0.768 e. The molecule has 0 bridgehead atoms. The summed E-state index contributed by atoms with van der Waals surface area (Å²) in [5.74, 6) is -2.56. The van der Waals surface area contributed by atoms with E-state index in [2.05, 4.69) is 31.8 Å². The third-order valence-electron chi connectivity index (χ3n) is 6.47. The summed E-state index contributed by atoms with van der Waals surface area (Å²) in [5, 5.41) is 15.8. The highest BCUT2D eigenvalue weighted by Gasteiger charge is 2.22. The molecular formula is C27H27N4O14S3-. The van der Waals surface area contributed by atoms with Crippen LogP contribution in [-0.2, 0) is 35.5 Å². The molecule has 3 rings (SSSR count). The average molecular weight is 728 g/mol. The Kier molecular flexibility index (Phi) is 11.7. The van der Waals surface area contributed by atoms with Crippen LogP contribution in [-0.4, -0.2) is 67.8 Å². The van der Waals surface area contributed by atoms with Gasteiger partial charge in [0.05, 0.1) is 48.4 Å². The highest BCUT2D eigenvalue weighted by Crippen LogP contribution is 2.33. The lowest BCUT2D eigenvalue weighted by atomic mass is 10.1. The van der Waals surface area contributed by atoms with E-state index in [9.17, 15) is 45.1 Å². The molecular weight excluding hydrogens is 701 g/mol. The van der Waals surface area contributed by atoms with Gasteiger partial charge >= 0.3 is 16.4 Å². The number of aryl methyl sites for hydroxylation is 2. The van der Waals surface area contributed by atoms with Gasteiger partial charge in [0, 0.05) is 17.0 Å². The molecule has 1 atom stereocenters. The number of rotatable bonds is 14. The summed E-state index contributed by atoms with van der Waals surface area (Å²) in [6.07, 6.45) is 0. The fourth-order valence-corrected chi connectivity index (χ4v) is 6.34. The molecule has 48 heavy (non-hydrogen) atoms. The zero-order valence-electron chi connectivity index (χ0n) is 25.4. The minimum atomic E-state index is -4.87. The van der Waals surface area contributed by atoms with E-state index >= 15 is 0 Å². The summed E-state index contributed by atoms with van der Waals surface area (Å²) < 4.78 is 93.1. The Balaban J connectivity index is 2.10. The monoisotopic (exact) mass is 727 g/mol. The molecule has 258 valence electrons. The van der Waals surface area contributed by atoms with Gasteiger partial charge in [0.15, 0.2) is 15.2 Å². The van der Waals surface area contributed by atoms with Gasteiger partial charge in [0.2, 0.25) is 10.9 Å². The van der Waals surface area contributed by atoms with Gasteiger partial charge in [-0.25, -0.2) is 17.4 Å². The van der Waals surface area contributed by atoms with Crippen LogP contribution in [0.4, 0.5) is 11.4 Å². The van der Waals surface area contributed by atoms with Gasteiger partial charge in [0.1, 0.15) is 16.9 Å². The molecule has 4 N–H and O–H groups in total. The number of nitrogens with zero attached hydrogens (tertiary/aromatic N) is 2. The van der Waals surface area contributed by atoms with E-state index in [1.54, 1.807) is 6.92 Å². The molecule has 0 amide bonds. The Bertz CT molecular complexity index is 2280. The summed E-state index contributed by atoms with van der Waals surface area (Å²) in [6, 6.07) is 5.68. The number of ether oxygens (including phenoxy) is 2. The lowest BCUT2D eigenvalue weighted by Crippen LogP contribution is -2.50. The van der Waals surface area contributed by atoms with E-state index in [1.807, 2.05) is 0 Å². The van der Waals surface area contributed by atoms with E-state index in [0.717, 1.165) is 6.07 Å². The summed E-state index contributed by atoms with van der Waals surface area (Å²) in [4.78, 5) is 37.5. The molecule has 0 radical (unpaired) electrons. The SMILES string of the molecule is C=C(c1cc(OC)c(N/N=c2/c(C(=O)O)cc(=O)/c(=N\Nc3cc(C)c(S(=O)(=O)CCOS(=O)(=O)O)cc3OC)c2=O)cc1C)S(=O)[O-]. The van der Waals surface area contributed by atoms with Crippen LogP contribution in [0.15, 0.2) is 61.6 Å². The number of benzene rings is 3. The minimum absolute atomic E-state index is 0.0261. The lowest BCUT2D eigenvalue weighted by Gasteiger charge is -2.16. The number of anilines is 2. The number of methoxy groups -OCH3 is 2. The second-order valence-electron chi connectivity index (χ2n) is 9.61. The van der Waals surface area contributed by atoms with Gasteiger partial charge < -0.3 is 19.1 Å². The Morgan fingerprint density at radius 3 is 1.98 bits per heavy atom. The quantitative estimate of drug-likeness (QED) is 0.0959. The van der Waals surface area contributed by atoms with Crippen LogP contribution >= 0.6 is 0 Å². The number of carbonyl (C=O) groups is 1. The van der Waals surface area contributed by atoms with Crippen molar-refractivity contribution in [2.75, 3.05) is 37.4 Å². The van der Waals surface area contributed by atoms with Crippen molar-refractivity contribution < 1.29 is 53.7 Å². The van der Waals surface area contributed by atoms with Crippen molar-refractivity contribution in [3.8, 4) is 11.5 Å². The van der Waals surface area contributed by atoms with Crippen LogP contribution in [0.5, 0.6) is 11.5 Å². The van der Waals surface area contributed by atoms with Crippen LogP contribution in [0, 0.1) is 13.8 Å². The molecule has 0 spiro atoms. The van der Waals surface area contributed by atoms with E-state index in [0.29, 0.717) is 11.6 Å². The summed E-state index contributed by atoms with van der Waals surface area (Å²) in [7, 11) is -6.59. The van der Waals surface area contributed by atoms with Gasteiger partial charge in [-0.1, -0.05) is 6.58 Å². The van der Waals surface area contributed by atoms with Gasteiger partial charge in [-0.05, 0) is 59.8 Å². The van der Waals surface area contributed by atoms with E-state index < -0.39 is 76.8 Å². The molecule has 18 nitrogen and oxygen atoms in total. The minimum Gasteiger partial charge on any atom is -0.768 e. The molecule has 0 aliphatic heterocycles. The molecule has 0 aliphatic rings. The Morgan fingerprint density at radius 1 is 0.917 bits per heavy atom. The first-order valence-corrected chi connectivity index (χ1v) is 17.1. The van der Waals surface area contributed by atoms with Crippen molar-refractivity contribution in [3.63, 3.8) is 0 Å². The third-order valence-corrected chi connectivity index (χ3v) is 9.37. The second-order valence-corrected chi connectivity index (χ2v) is 13.7. The molecule has 3 aromatic rings. The first-order chi connectivity index (χ1) is 22.3. The van der Waals surface area contributed by atoms with Crippen molar-refractivity contribution in [3.05, 3.63) is 90.3 Å². The van der Waals surface area contributed by atoms with Crippen molar-refractivity contribution in [2.45, 2.75) is 18.7 Å². The van der Waals surface area contributed by atoms with Gasteiger partial charge in [-0.2, -0.15) is 18.6 Å². The van der Waals surface area contributed by atoms with Crippen LogP contribution in [0.25, 0.3) is 4.91 Å². The highest BCUT2D eigenvalue weighted by atomic mass is 32.3. The number of hydrogen-bond donors (Lipinski definition) is 4. The topological polar surface area (TPSA) is 277 Å². The molecule has 0 fully saturated rings. The number of carboxylic acid groups (broad SMARTS) is 1. The molecule has 0 aromatic heterocycles. The van der Waals surface area contributed by atoms with Crippen LogP contribution in [0.3, 0.4) is 0 Å². The fourth-order valence-electron chi connectivity index (χ4n) is 4.18. The maximum atomic E-state index is 13.4. The first kappa shape index (κ1) is 37.7. The normalized spacial score (nSPS) is 13.2. The third kappa shape index (κ3) is 8.76. The standard InChI is InChI=1S/C27H28N4O14S3/c1-13-8-18(21(43-4)11-16(13)15(3)46(36)37)28-30-24-17(27(34)35)10-20(32)25(26(24)33)31-29-19-9-14(2)23(12-22(19)44-5)47(38,39)7-6-45-48(40,41)42/h8-12,28-29H,3,6-7H2,1-2,4-5H3,(H,34,35)(H,36,37)(H,40,41,42)/p-1/b30-24-,31-25+. The van der Waals surface area contributed by atoms with E-state index in [-0.39, 0.29) is 43.8 Å². The Morgan fingerprint density at radius 2 is 1.46 bits per heavy atom. The first-order valence-electron chi connectivity index (χ1n) is 13.0. The number of aromatic carboxylic acids is 1. The molecule has 0 heterocycles. The van der Waals surface area contributed by atoms with Crippen LogP contribution in [0.1, 0.15) is 27.0 Å². The molecule has 0 aliphatic carbocycles. The van der Waals surface area contributed by atoms with Crippen molar-refractivity contribution in [2.24, 2.45) is 10.2 Å². The van der Waals surface area contributed by atoms with E-state index in [4.69, 9.17) is 14.0 Å². The molecule has 21 heteroatoms. The number of sulfone groups is 1. The zero-order chi connectivity index (χ0) is 36.1. The predicted molar refractivity (Wildman–Crippen MR) is 170 cm³/mol. The number of nitrogens with one attached hydrogen (secondary N) is 2.